The van der Waals surface area contributed by atoms with Crippen molar-refractivity contribution in [2.24, 2.45) is 0 Å². The minimum atomic E-state index is -3.50. The lowest BCUT2D eigenvalue weighted by atomic mass is 9.99. The highest BCUT2D eigenvalue weighted by atomic mass is 32.2. The first-order chi connectivity index (χ1) is 13.5. The van der Waals surface area contributed by atoms with Gasteiger partial charge in [-0.25, -0.2) is 8.42 Å². The van der Waals surface area contributed by atoms with Crippen molar-refractivity contribution in [3.05, 3.63) is 72.8 Å². The molecule has 5 rings (SSSR count). The van der Waals surface area contributed by atoms with Gasteiger partial charge in [0.2, 0.25) is 10.0 Å². The van der Waals surface area contributed by atoms with Gasteiger partial charge in [-0.2, -0.15) is 0 Å². The predicted molar refractivity (Wildman–Crippen MR) is 116 cm³/mol. The maximum atomic E-state index is 11.8. The normalized spacial score (nSPS) is 12.2. The lowest BCUT2D eigenvalue weighted by Crippen LogP contribution is -2.05. The summed E-state index contributed by atoms with van der Waals surface area (Å²) in [5.74, 6) is 0. The van der Waals surface area contributed by atoms with Gasteiger partial charge in [0.15, 0.2) is 0 Å². The fourth-order valence-electron chi connectivity index (χ4n) is 3.54. The van der Waals surface area contributed by atoms with Crippen LogP contribution in [0.5, 0.6) is 0 Å². The molecule has 0 bridgehead atoms. The quantitative estimate of drug-likeness (QED) is 0.382. The second-order valence-corrected chi connectivity index (χ2v) is 9.78. The van der Waals surface area contributed by atoms with E-state index in [-0.39, 0.29) is 0 Å². The molecule has 0 unspecified atom stereocenters. The van der Waals surface area contributed by atoms with Crippen LogP contribution >= 0.6 is 8.16 Å². The molecule has 1 N–H and O–H groups in total. The summed E-state index contributed by atoms with van der Waals surface area (Å²) < 4.78 is 38.1. The fourth-order valence-corrected chi connectivity index (χ4v) is 5.62. The Bertz CT molecular complexity index is 1430. The number of hydrogen-bond acceptors (Lipinski definition) is 4. The Morgan fingerprint density at radius 1 is 0.714 bits per heavy atom. The molecule has 7 heteroatoms. The topological polar surface area (TPSA) is 72.5 Å². The maximum absolute atomic E-state index is 11.8. The summed E-state index contributed by atoms with van der Waals surface area (Å²) >= 11 is 0. The van der Waals surface area contributed by atoms with E-state index in [1.807, 2.05) is 72.8 Å². The van der Waals surface area contributed by atoms with Crippen LogP contribution < -0.4 is 4.49 Å². The summed E-state index contributed by atoms with van der Waals surface area (Å²) in [5.41, 5.74) is 1.19. The van der Waals surface area contributed by atoms with Crippen molar-refractivity contribution in [3.8, 4) is 0 Å². The number of fused-ring (bicyclic) bond motifs is 7. The van der Waals surface area contributed by atoms with E-state index in [2.05, 4.69) is 4.49 Å². The molecule has 0 saturated carbocycles. The largest absolute Gasteiger partial charge is 0.407 e. The van der Waals surface area contributed by atoms with Crippen LogP contribution in [0.4, 0.5) is 0 Å². The Balaban J connectivity index is 2.10. The molecular weight excluding hydrogens is 393 g/mol. The molecule has 0 aliphatic rings. The van der Waals surface area contributed by atoms with E-state index in [1.165, 1.54) is 0 Å². The lowest BCUT2D eigenvalue weighted by Gasteiger charge is -2.05. The molecule has 140 valence electrons. The smallest absolute Gasteiger partial charge is 0.321 e. The van der Waals surface area contributed by atoms with E-state index in [9.17, 15) is 8.42 Å². The minimum absolute atomic E-state index is 0.594. The van der Waals surface area contributed by atoms with E-state index in [1.54, 1.807) is 0 Å². The number of rotatable bonds is 2. The number of benzene rings is 4. The van der Waals surface area contributed by atoms with Gasteiger partial charge in [-0.3, -0.25) is 0 Å². The highest BCUT2D eigenvalue weighted by Gasteiger charge is 2.14. The van der Waals surface area contributed by atoms with Crippen LogP contribution in [-0.4, -0.2) is 14.7 Å². The van der Waals surface area contributed by atoms with Crippen molar-refractivity contribution in [2.75, 3.05) is 10.7 Å². The Morgan fingerprint density at radius 3 is 1.64 bits per heavy atom. The van der Waals surface area contributed by atoms with E-state index in [0.29, 0.717) is 11.2 Å². The van der Waals surface area contributed by atoms with Gasteiger partial charge < -0.3 is 8.39 Å². The van der Waals surface area contributed by atoms with Crippen molar-refractivity contribution in [3.63, 3.8) is 0 Å². The molecule has 4 aromatic carbocycles. The third kappa shape index (κ3) is 2.96. The molecule has 5 aromatic rings. The molecule has 0 atom stereocenters. The van der Waals surface area contributed by atoms with Gasteiger partial charge in [0.25, 0.3) is 0 Å². The first kappa shape index (κ1) is 17.3. The zero-order chi connectivity index (χ0) is 19.3. The van der Waals surface area contributed by atoms with Gasteiger partial charge in [0.1, 0.15) is 11.2 Å². The Morgan fingerprint density at radius 2 is 1.18 bits per heavy atom. The third-order valence-corrected chi connectivity index (χ3v) is 7.28. The third-order valence-electron chi connectivity index (χ3n) is 4.63. The molecular formula is C21H16NO4PS. The van der Waals surface area contributed by atoms with Gasteiger partial charge in [-0.05, 0) is 33.7 Å². The van der Waals surface area contributed by atoms with Crippen LogP contribution in [0.3, 0.4) is 0 Å². The van der Waals surface area contributed by atoms with Crippen LogP contribution in [-0.2, 0) is 10.0 Å². The fraction of sp³-hybridized carbons (Fsp3) is 0.0476. The Hall–Kier alpha value is -2.79. The van der Waals surface area contributed by atoms with E-state index in [4.69, 9.17) is 8.39 Å². The standard InChI is InChI=1S/C21H16NO4PS/c1-28(23,24)22-27-25-18-12-10-14-6-2-4-8-16(14)20(18)21-17-9-5-3-7-15(17)11-13-19(21)26-27/h2-13,22H,1H3. The molecule has 0 aliphatic carbocycles. The molecule has 0 fully saturated rings. The second kappa shape index (κ2) is 6.38. The molecule has 0 amide bonds. The minimum Gasteiger partial charge on any atom is -0.407 e. The lowest BCUT2D eigenvalue weighted by molar-refractivity contribution is 0.605. The van der Waals surface area contributed by atoms with Gasteiger partial charge in [-0.15, -0.1) is 4.49 Å². The van der Waals surface area contributed by atoms with Crippen LogP contribution in [0.1, 0.15) is 0 Å². The maximum Gasteiger partial charge on any atom is 0.321 e. The van der Waals surface area contributed by atoms with Crippen LogP contribution in [0.15, 0.2) is 81.2 Å². The SMILES string of the molecule is CS(=O)(=O)Np1oc2ccc3ccccc3c2c2c(ccc3ccccc32)o1. The molecule has 1 heterocycles. The summed E-state index contributed by atoms with van der Waals surface area (Å²) in [6.07, 6.45) is 1.09. The van der Waals surface area contributed by atoms with E-state index in [0.717, 1.165) is 38.6 Å². The van der Waals surface area contributed by atoms with Crippen molar-refractivity contribution in [2.45, 2.75) is 0 Å². The number of hydrogen-bond donors (Lipinski definition) is 1. The summed E-state index contributed by atoms with van der Waals surface area (Å²) in [4.78, 5) is 0. The molecule has 5 nitrogen and oxygen atoms in total. The van der Waals surface area contributed by atoms with Crippen LogP contribution in [0.25, 0.3) is 43.5 Å². The average molecular weight is 409 g/mol. The summed E-state index contributed by atoms with van der Waals surface area (Å²) in [6, 6.07) is 23.8. The van der Waals surface area contributed by atoms with Crippen molar-refractivity contribution in [1.29, 1.82) is 0 Å². The molecule has 0 saturated heterocycles. The van der Waals surface area contributed by atoms with Crippen molar-refractivity contribution in [1.82, 2.24) is 0 Å². The molecule has 1 aromatic heterocycles. The van der Waals surface area contributed by atoms with Gasteiger partial charge in [0.05, 0.1) is 6.26 Å². The molecule has 28 heavy (non-hydrogen) atoms. The number of sulfonamides is 1. The highest BCUT2D eigenvalue weighted by molar-refractivity contribution is 7.96. The highest BCUT2D eigenvalue weighted by Crippen LogP contribution is 2.40. The Kier molecular flexibility index (Phi) is 3.95. The zero-order valence-corrected chi connectivity index (χ0v) is 16.6. The first-order valence-corrected chi connectivity index (χ1v) is 11.7. The Labute approximate surface area is 162 Å². The van der Waals surface area contributed by atoms with Gasteiger partial charge in [-0.1, -0.05) is 60.7 Å². The van der Waals surface area contributed by atoms with Crippen molar-refractivity contribution >= 4 is 61.7 Å². The molecule has 0 spiro atoms. The number of nitrogens with one attached hydrogen (secondary N) is 1. The summed E-state index contributed by atoms with van der Waals surface area (Å²) in [7, 11) is -5.41. The summed E-state index contributed by atoms with van der Waals surface area (Å²) in [5, 5.41) is 6.02. The molecule has 0 aliphatic heterocycles. The second-order valence-electron chi connectivity index (χ2n) is 6.62. The van der Waals surface area contributed by atoms with Crippen molar-refractivity contribution < 1.29 is 16.8 Å². The van der Waals surface area contributed by atoms with Gasteiger partial charge in [0, 0.05) is 10.8 Å². The first-order valence-electron chi connectivity index (χ1n) is 8.67. The summed E-state index contributed by atoms with van der Waals surface area (Å²) in [6.45, 7) is 0. The van der Waals surface area contributed by atoms with Gasteiger partial charge >= 0.3 is 8.16 Å². The zero-order valence-electron chi connectivity index (χ0n) is 14.9. The van der Waals surface area contributed by atoms with E-state index < -0.39 is 18.2 Å². The van der Waals surface area contributed by atoms with Crippen LogP contribution in [0, 0.1) is 0 Å². The monoisotopic (exact) mass is 409 g/mol. The molecule has 0 radical (unpaired) electrons. The average Bonchev–Trinajstić information content (AvgIpc) is 2.82. The van der Waals surface area contributed by atoms with Crippen LogP contribution in [0.2, 0.25) is 0 Å². The van der Waals surface area contributed by atoms with E-state index >= 15 is 0 Å². The predicted octanol–water partition coefficient (Wildman–Crippen LogP) is 6.10.